The third kappa shape index (κ3) is 7.04. The summed E-state index contributed by atoms with van der Waals surface area (Å²) in [5.74, 6) is 0.279. The second-order valence-electron chi connectivity index (χ2n) is 11.0. The number of likely N-dealkylation sites (tertiary alicyclic amines) is 1. The number of nitriles is 1. The van der Waals surface area contributed by atoms with Gasteiger partial charge in [-0.1, -0.05) is 18.1 Å². The molecule has 2 aliphatic heterocycles. The lowest BCUT2D eigenvalue weighted by atomic mass is 9.99. The fourth-order valence-electron chi connectivity index (χ4n) is 5.78. The number of piperidine rings is 1. The van der Waals surface area contributed by atoms with Gasteiger partial charge in [0.2, 0.25) is 10.0 Å². The number of benzene rings is 2. The molecule has 44 heavy (non-hydrogen) atoms. The SMILES string of the molecule is C#C/C=C(\C(C#N)=C/C)N1CCC(Nc2cc(C(=O)N3CCN(c4c(F)cc(F)cc4S(N)(=O)=O)CC3)c(C)cc2C)CC1. The zero-order valence-electron chi connectivity index (χ0n) is 25.0. The maximum atomic E-state index is 14.7. The molecule has 12 heteroatoms. The van der Waals surface area contributed by atoms with Crippen molar-refractivity contribution in [3.05, 3.63) is 76.0 Å². The normalized spacial score (nSPS) is 16.9. The van der Waals surface area contributed by atoms with E-state index >= 15 is 0 Å². The van der Waals surface area contributed by atoms with E-state index in [2.05, 4.69) is 22.2 Å². The van der Waals surface area contributed by atoms with E-state index in [1.165, 1.54) is 4.90 Å². The van der Waals surface area contributed by atoms with Crippen LogP contribution in [0.3, 0.4) is 0 Å². The number of amides is 1. The molecule has 2 fully saturated rings. The van der Waals surface area contributed by atoms with Crippen molar-refractivity contribution in [2.24, 2.45) is 5.14 Å². The third-order valence-electron chi connectivity index (χ3n) is 8.09. The molecule has 2 aromatic rings. The highest BCUT2D eigenvalue weighted by atomic mass is 32.2. The number of primary sulfonamides is 1. The van der Waals surface area contributed by atoms with Crippen LogP contribution < -0.4 is 15.4 Å². The second kappa shape index (κ2) is 13.5. The maximum absolute atomic E-state index is 14.7. The maximum Gasteiger partial charge on any atom is 0.254 e. The number of carbonyl (C=O) groups excluding carboxylic acids is 1. The van der Waals surface area contributed by atoms with Crippen LogP contribution in [0.1, 0.15) is 41.3 Å². The Kier molecular flexibility index (Phi) is 9.98. The number of rotatable bonds is 7. The highest BCUT2D eigenvalue weighted by Gasteiger charge is 2.30. The van der Waals surface area contributed by atoms with Gasteiger partial charge in [-0.3, -0.25) is 4.79 Å². The summed E-state index contributed by atoms with van der Waals surface area (Å²) in [6, 6.07) is 7.51. The predicted molar refractivity (Wildman–Crippen MR) is 166 cm³/mol. The molecule has 9 nitrogen and oxygen atoms in total. The van der Waals surface area contributed by atoms with Gasteiger partial charge in [-0.05, 0) is 56.9 Å². The number of allylic oxidation sites excluding steroid dienone is 3. The van der Waals surface area contributed by atoms with Gasteiger partial charge in [0, 0.05) is 68.7 Å². The molecule has 2 aliphatic rings. The van der Waals surface area contributed by atoms with Crippen LogP contribution >= 0.6 is 0 Å². The topological polar surface area (TPSA) is 123 Å². The number of halogens is 2. The van der Waals surface area contributed by atoms with Crippen LogP contribution in [0, 0.1) is 49.2 Å². The van der Waals surface area contributed by atoms with E-state index in [9.17, 15) is 27.3 Å². The summed E-state index contributed by atoms with van der Waals surface area (Å²) in [7, 11) is -4.38. The van der Waals surface area contributed by atoms with Gasteiger partial charge >= 0.3 is 0 Å². The standard InChI is InChI=1S/C32H36F2N6O3S/c1-5-7-29(23(6-2)20-35)38-10-8-25(9-11-38)37-28-19-26(21(3)16-22(28)4)32(41)40-14-12-39(13-15-40)31-27(34)17-24(33)18-30(31)44(36,42)43/h1,6-7,16-19,25,37H,8-15H2,2-4H3,(H2,36,42,43)/b23-6-,29-7+. The molecule has 232 valence electrons. The highest BCUT2D eigenvalue weighted by molar-refractivity contribution is 7.89. The molecule has 1 amide bonds. The van der Waals surface area contributed by atoms with Crippen molar-refractivity contribution < 1.29 is 22.0 Å². The van der Waals surface area contributed by atoms with Crippen molar-refractivity contribution >= 4 is 27.3 Å². The number of terminal acetylenes is 1. The Morgan fingerprint density at radius 3 is 2.27 bits per heavy atom. The molecule has 0 unspecified atom stereocenters. The number of nitrogens with zero attached hydrogens (tertiary/aromatic N) is 4. The number of nitrogens with one attached hydrogen (secondary N) is 1. The number of piperazine rings is 1. The second-order valence-corrected chi connectivity index (χ2v) is 12.5. The average Bonchev–Trinajstić information content (AvgIpc) is 2.98. The van der Waals surface area contributed by atoms with Crippen LogP contribution in [-0.2, 0) is 10.0 Å². The number of carbonyl (C=O) groups is 1. The lowest BCUT2D eigenvalue weighted by molar-refractivity contribution is 0.0745. The molecule has 0 spiro atoms. The number of anilines is 2. The predicted octanol–water partition coefficient (Wildman–Crippen LogP) is 4.05. The van der Waals surface area contributed by atoms with Crippen molar-refractivity contribution in [1.29, 1.82) is 5.26 Å². The highest BCUT2D eigenvalue weighted by Crippen LogP contribution is 2.31. The van der Waals surface area contributed by atoms with Gasteiger partial charge in [0.05, 0.1) is 17.0 Å². The van der Waals surface area contributed by atoms with E-state index < -0.39 is 26.6 Å². The van der Waals surface area contributed by atoms with Gasteiger partial charge in [-0.15, -0.1) is 6.42 Å². The summed E-state index contributed by atoms with van der Waals surface area (Å²) < 4.78 is 52.6. The largest absolute Gasteiger partial charge is 0.382 e. The minimum Gasteiger partial charge on any atom is -0.382 e. The van der Waals surface area contributed by atoms with Crippen molar-refractivity contribution in [3.63, 3.8) is 0 Å². The summed E-state index contributed by atoms with van der Waals surface area (Å²) in [4.78, 5) is 18.2. The lowest BCUT2D eigenvalue weighted by Gasteiger charge is -2.37. The molecular formula is C32H36F2N6O3S. The zero-order valence-corrected chi connectivity index (χ0v) is 25.8. The number of aryl methyl sites for hydroxylation is 2. The Labute approximate surface area is 257 Å². The van der Waals surface area contributed by atoms with Crippen LogP contribution in [0.4, 0.5) is 20.2 Å². The number of nitrogens with two attached hydrogens (primary N) is 1. The van der Waals surface area contributed by atoms with E-state index in [0.717, 1.165) is 35.4 Å². The molecule has 0 aromatic heterocycles. The van der Waals surface area contributed by atoms with Crippen molar-refractivity contribution in [2.45, 2.75) is 44.6 Å². The first-order valence-corrected chi connectivity index (χ1v) is 15.8. The van der Waals surface area contributed by atoms with Gasteiger partial charge in [0.25, 0.3) is 5.91 Å². The summed E-state index contributed by atoms with van der Waals surface area (Å²) >= 11 is 0. The first kappa shape index (κ1) is 32.5. The van der Waals surface area contributed by atoms with Crippen LogP contribution in [0.25, 0.3) is 0 Å². The molecular weight excluding hydrogens is 586 g/mol. The van der Waals surface area contributed by atoms with Crippen molar-refractivity contribution in [3.8, 4) is 18.4 Å². The number of sulfonamides is 1. The first-order chi connectivity index (χ1) is 20.9. The number of hydrogen-bond acceptors (Lipinski definition) is 7. The zero-order chi connectivity index (χ0) is 32.2. The fraction of sp³-hybridized carbons (Fsp3) is 0.375. The fourth-order valence-corrected chi connectivity index (χ4v) is 6.55. The molecule has 2 aromatic carbocycles. The van der Waals surface area contributed by atoms with E-state index in [1.807, 2.05) is 32.9 Å². The van der Waals surface area contributed by atoms with Gasteiger partial charge in [0.1, 0.15) is 16.8 Å². The van der Waals surface area contributed by atoms with Crippen molar-refractivity contribution in [2.75, 3.05) is 49.5 Å². The van der Waals surface area contributed by atoms with Gasteiger partial charge in [-0.2, -0.15) is 5.26 Å². The summed E-state index contributed by atoms with van der Waals surface area (Å²) in [6.45, 7) is 7.79. The monoisotopic (exact) mass is 622 g/mol. The Hall–Kier alpha value is -4.39. The average molecular weight is 623 g/mol. The van der Waals surface area contributed by atoms with E-state index in [4.69, 9.17) is 11.6 Å². The minimum atomic E-state index is -4.38. The summed E-state index contributed by atoms with van der Waals surface area (Å²) in [6.07, 6.45) is 10.5. The Morgan fingerprint density at radius 1 is 1.05 bits per heavy atom. The Morgan fingerprint density at radius 2 is 1.70 bits per heavy atom. The van der Waals surface area contributed by atoms with Gasteiger partial charge in [-0.25, -0.2) is 22.3 Å². The van der Waals surface area contributed by atoms with E-state index in [1.54, 1.807) is 17.1 Å². The molecule has 0 radical (unpaired) electrons. The quantitative estimate of drug-likeness (QED) is 0.271. The molecule has 0 saturated carbocycles. The number of hydrogen-bond donors (Lipinski definition) is 2. The Bertz CT molecular complexity index is 1690. The van der Waals surface area contributed by atoms with Crippen LogP contribution in [0.2, 0.25) is 0 Å². The first-order valence-electron chi connectivity index (χ1n) is 14.3. The molecule has 4 rings (SSSR count). The van der Waals surface area contributed by atoms with Crippen LogP contribution in [-0.4, -0.2) is 69.4 Å². The van der Waals surface area contributed by atoms with Gasteiger partial charge in [0.15, 0.2) is 5.82 Å². The minimum absolute atomic E-state index is 0.141. The van der Waals surface area contributed by atoms with Gasteiger partial charge < -0.3 is 20.0 Å². The van der Waals surface area contributed by atoms with Crippen molar-refractivity contribution in [1.82, 2.24) is 9.80 Å². The third-order valence-corrected chi connectivity index (χ3v) is 9.01. The molecule has 0 bridgehead atoms. The molecule has 0 aliphatic carbocycles. The molecule has 2 saturated heterocycles. The molecule has 0 atom stereocenters. The summed E-state index contributed by atoms with van der Waals surface area (Å²) in [5.41, 5.74) is 4.21. The Balaban J connectivity index is 1.45. The summed E-state index contributed by atoms with van der Waals surface area (Å²) in [5, 5.41) is 18.3. The van der Waals surface area contributed by atoms with Crippen LogP contribution in [0.15, 0.2) is 52.6 Å². The molecule has 3 N–H and O–H groups in total. The molecule has 2 heterocycles. The van der Waals surface area contributed by atoms with E-state index in [-0.39, 0.29) is 43.8 Å². The lowest BCUT2D eigenvalue weighted by Crippen LogP contribution is -2.49. The smallest absolute Gasteiger partial charge is 0.254 e. The van der Waals surface area contributed by atoms with Crippen LogP contribution in [0.5, 0.6) is 0 Å². The van der Waals surface area contributed by atoms with E-state index in [0.29, 0.717) is 36.4 Å².